The van der Waals surface area contributed by atoms with Crippen molar-refractivity contribution in [1.82, 2.24) is 15.2 Å². The molecule has 90 valence electrons. The van der Waals surface area contributed by atoms with Crippen molar-refractivity contribution >= 4 is 0 Å². The number of hydrogen-bond acceptors (Lipinski definition) is 5. The maximum absolute atomic E-state index is 5.48. The van der Waals surface area contributed by atoms with Crippen LogP contribution in [-0.2, 0) is 6.54 Å². The number of benzene rings is 1. The molecule has 0 fully saturated rings. The van der Waals surface area contributed by atoms with Gasteiger partial charge in [-0.25, -0.2) is 4.98 Å². The van der Waals surface area contributed by atoms with Crippen molar-refractivity contribution in [3.63, 3.8) is 0 Å². The molecule has 0 amide bonds. The number of nitrogens with one attached hydrogen (secondary N) is 1. The highest BCUT2D eigenvalue weighted by atomic mass is 16.5. The van der Waals surface area contributed by atoms with Crippen molar-refractivity contribution in [3.05, 3.63) is 24.0 Å². The van der Waals surface area contributed by atoms with Crippen LogP contribution in [0.4, 0.5) is 0 Å². The summed E-state index contributed by atoms with van der Waals surface area (Å²) in [4.78, 5) is 4.26. The monoisotopic (exact) mass is 234 g/mol. The first kappa shape index (κ1) is 11.4. The van der Waals surface area contributed by atoms with Gasteiger partial charge in [-0.05, 0) is 18.2 Å². The molecule has 0 aliphatic rings. The summed E-state index contributed by atoms with van der Waals surface area (Å²) < 4.78 is 10.4. The lowest BCUT2D eigenvalue weighted by Crippen LogP contribution is -1.98. The van der Waals surface area contributed by atoms with Crippen LogP contribution in [0.15, 0.2) is 18.2 Å². The Morgan fingerprint density at radius 1 is 1.29 bits per heavy atom. The standard InChI is InChI=1S/C11H14N4O2/c1-16-7-3-4-9(17-2)8(5-7)11-13-10(6-12)14-15-11/h3-5H,6,12H2,1-2H3,(H,13,14,15). The number of hydrogen-bond donors (Lipinski definition) is 2. The summed E-state index contributed by atoms with van der Waals surface area (Å²) in [5.41, 5.74) is 6.24. The van der Waals surface area contributed by atoms with Gasteiger partial charge in [0.25, 0.3) is 0 Å². The van der Waals surface area contributed by atoms with Gasteiger partial charge in [-0.15, -0.1) is 0 Å². The Balaban J connectivity index is 2.47. The van der Waals surface area contributed by atoms with E-state index in [1.165, 1.54) is 0 Å². The topological polar surface area (TPSA) is 86.0 Å². The summed E-state index contributed by atoms with van der Waals surface area (Å²) in [7, 11) is 3.21. The van der Waals surface area contributed by atoms with Crippen molar-refractivity contribution in [3.8, 4) is 22.9 Å². The Bertz CT molecular complexity index is 510. The van der Waals surface area contributed by atoms with Crippen molar-refractivity contribution < 1.29 is 9.47 Å². The van der Waals surface area contributed by atoms with Gasteiger partial charge in [0.2, 0.25) is 0 Å². The second-order valence-corrected chi connectivity index (χ2v) is 3.38. The number of rotatable bonds is 4. The zero-order chi connectivity index (χ0) is 12.3. The highest BCUT2D eigenvalue weighted by molar-refractivity contribution is 5.66. The first-order valence-electron chi connectivity index (χ1n) is 5.12. The summed E-state index contributed by atoms with van der Waals surface area (Å²) >= 11 is 0. The van der Waals surface area contributed by atoms with Gasteiger partial charge in [-0.1, -0.05) is 0 Å². The molecular weight excluding hydrogens is 220 g/mol. The molecule has 6 nitrogen and oxygen atoms in total. The van der Waals surface area contributed by atoms with E-state index in [1.54, 1.807) is 14.2 Å². The normalized spacial score (nSPS) is 10.3. The summed E-state index contributed by atoms with van der Waals surface area (Å²) in [5, 5.41) is 6.85. The smallest absolute Gasteiger partial charge is 0.185 e. The number of methoxy groups -OCH3 is 2. The van der Waals surface area contributed by atoms with Gasteiger partial charge >= 0.3 is 0 Å². The van der Waals surface area contributed by atoms with Crippen molar-refractivity contribution in [1.29, 1.82) is 0 Å². The molecule has 6 heteroatoms. The van der Waals surface area contributed by atoms with E-state index in [2.05, 4.69) is 15.2 Å². The van der Waals surface area contributed by atoms with Gasteiger partial charge in [0, 0.05) is 0 Å². The third kappa shape index (κ3) is 2.21. The van der Waals surface area contributed by atoms with Crippen molar-refractivity contribution in [2.75, 3.05) is 14.2 Å². The average molecular weight is 234 g/mol. The first-order chi connectivity index (χ1) is 8.28. The molecular formula is C11H14N4O2. The maximum Gasteiger partial charge on any atom is 0.185 e. The lowest BCUT2D eigenvalue weighted by molar-refractivity contribution is 0.404. The molecule has 0 unspecified atom stereocenters. The number of ether oxygens (including phenoxy) is 2. The van der Waals surface area contributed by atoms with Crippen LogP contribution in [0.3, 0.4) is 0 Å². The summed E-state index contributed by atoms with van der Waals surface area (Å²) in [6.45, 7) is 0.319. The van der Waals surface area contributed by atoms with E-state index < -0.39 is 0 Å². The Kier molecular flexibility index (Phi) is 3.24. The fraction of sp³-hybridized carbons (Fsp3) is 0.273. The highest BCUT2D eigenvalue weighted by Crippen LogP contribution is 2.31. The van der Waals surface area contributed by atoms with Gasteiger partial charge in [-0.3, -0.25) is 5.10 Å². The third-order valence-corrected chi connectivity index (χ3v) is 2.37. The molecule has 1 heterocycles. The van der Waals surface area contributed by atoms with Gasteiger partial charge < -0.3 is 15.2 Å². The van der Waals surface area contributed by atoms with E-state index in [0.29, 0.717) is 23.9 Å². The second-order valence-electron chi connectivity index (χ2n) is 3.38. The van der Waals surface area contributed by atoms with Crippen LogP contribution in [0, 0.1) is 0 Å². The summed E-state index contributed by atoms with van der Waals surface area (Å²) in [6.07, 6.45) is 0. The van der Waals surface area contributed by atoms with E-state index >= 15 is 0 Å². The first-order valence-corrected chi connectivity index (χ1v) is 5.12. The number of aromatic amines is 1. The van der Waals surface area contributed by atoms with Crippen LogP contribution in [-0.4, -0.2) is 29.4 Å². The molecule has 17 heavy (non-hydrogen) atoms. The van der Waals surface area contributed by atoms with E-state index in [9.17, 15) is 0 Å². The highest BCUT2D eigenvalue weighted by Gasteiger charge is 2.12. The van der Waals surface area contributed by atoms with Gasteiger partial charge in [0.05, 0.1) is 26.3 Å². The van der Waals surface area contributed by atoms with Gasteiger partial charge in [-0.2, -0.15) is 5.10 Å². The molecule has 1 aromatic heterocycles. The maximum atomic E-state index is 5.48. The van der Waals surface area contributed by atoms with E-state index in [1.807, 2.05) is 18.2 Å². The number of aromatic nitrogens is 3. The fourth-order valence-electron chi connectivity index (χ4n) is 1.50. The SMILES string of the molecule is COc1ccc(OC)c(-c2n[nH]c(CN)n2)c1. The molecule has 0 atom stereocenters. The largest absolute Gasteiger partial charge is 0.497 e. The Hall–Kier alpha value is -2.08. The zero-order valence-electron chi connectivity index (χ0n) is 9.73. The molecule has 1 aromatic carbocycles. The predicted octanol–water partition coefficient (Wildman–Crippen LogP) is 0.948. The quantitative estimate of drug-likeness (QED) is 0.822. The van der Waals surface area contributed by atoms with Gasteiger partial charge in [0.1, 0.15) is 17.3 Å². The van der Waals surface area contributed by atoms with E-state index in [-0.39, 0.29) is 0 Å². The summed E-state index contributed by atoms with van der Waals surface area (Å²) in [5.74, 6) is 2.58. The van der Waals surface area contributed by atoms with Gasteiger partial charge in [0.15, 0.2) is 5.82 Å². The Labute approximate surface area is 98.8 Å². The zero-order valence-corrected chi connectivity index (χ0v) is 9.73. The van der Waals surface area contributed by atoms with E-state index in [4.69, 9.17) is 15.2 Å². The lowest BCUT2D eigenvalue weighted by Gasteiger charge is -2.07. The molecule has 0 aliphatic carbocycles. The minimum absolute atomic E-state index is 0.319. The molecule has 0 bridgehead atoms. The Morgan fingerprint density at radius 3 is 2.71 bits per heavy atom. The van der Waals surface area contributed by atoms with Crippen LogP contribution in [0.5, 0.6) is 11.5 Å². The van der Waals surface area contributed by atoms with Crippen LogP contribution in [0.1, 0.15) is 5.82 Å². The van der Waals surface area contributed by atoms with Crippen molar-refractivity contribution in [2.45, 2.75) is 6.54 Å². The number of nitrogens with zero attached hydrogens (tertiary/aromatic N) is 2. The molecule has 2 aromatic rings. The second kappa shape index (κ2) is 4.84. The lowest BCUT2D eigenvalue weighted by atomic mass is 10.2. The number of H-pyrrole nitrogens is 1. The minimum atomic E-state index is 0.319. The predicted molar refractivity (Wildman–Crippen MR) is 62.8 cm³/mol. The van der Waals surface area contributed by atoms with Crippen LogP contribution in [0.25, 0.3) is 11.4 Å². The molecule has 0 radical (unpaired) electrons. The van der Waals surface area contributed by atoms with Crippen LogP contribution in [0.2, 0.25) is 0 Å². The molecule has 0 saturated carbocycles. The minimum Gasteiger partial charge on any atom is -0.497 e. The Morgan fingerprint density at radius 2 is 2.12 bits per heavy atom. The third-order valence-electron chi connectivity index (χ3n) is 2.37. The van der Waals surface area contributed by atoms with Crippen molar-refractivity contribution in [2.24, 2.45) is 5.73 Å². The molecule has 2 rings (SSSR count). The number of nitrogens with two attached hydrogens (primary N) is 1. The van der Waals surface area contributed by atoms with E-state index in [0.717, 1.165) is 11.3 Å². The molecule has 0 saturated heterocycles. The fourth-order valence-corrected chi connectivity index (χ4v) is 1.50. The molecule has 3 N–H and O–H groups in total. The average Bonchev–Trinajstić information content (AvgIpc) is 2.86. The molecule has 0 spiro atoms. The van der Waals surface area contributed by atoms with Crippen LogP contribution < -0.4 is 15.2 Å². The summed E-state index contributed by atoms with van der Waals surface area (Å²) in [6, 6.07) is 5.45. The van der Waals surface area contributed by atoms with Crippen LogP contribution >= 0.6 is 0 Å². The molecule has 0 aliphatic heterocycles.